The lowest BCUT2D eigenvalue weighted by Gasteiger charge is -2.43. The molecule has 2 aliphatic rings. The molecule has 4 nitrogen and oxygen atoms in total. The van der Waals surface area contributed by atoms with E-state index in [1.807, 2.05) is 6.07 Å². The Morgan fingerprint density at radius 3 is 2.81 bits per heavy atom. The number of pyridine rings is 1. The minimum Gasteiger partial charge on any atom is -0.369 e. The van der Waals surface area contributed by atoms with E-state index in [4.69, 9.17) is 4.74 Å². The Morgan fingerprint density at radius 1 is 1.30 bits per heavy atom. The minimum absolute atomic E-state index is 0.206. The fraction of sp³-hybridized carbons (Fsp3) is 0.526. The third kappa shape index (κ3) is 3.83. The second-order valence-electron chi connectivity index (χ2n) is 7.20. The first-order chi connectivity index (χ1) is 12.9. The van der Waals surface area contributed by atoms with E-state index in [1.165, 1.54) is 17.4 Å². The second-order valence-corrected chi connectivity index (χ2v) is 8.34. The smallest absolute Gasteiger partial charge is 0.252 e. The zero-order chi connectivity index (χ0) is 19.0. The van der Waals surface area contributed by atoms with Gasteiger partial charge in [0.1, 0.15) is 11.4 Å². The van der Waals surface area contributed by atoms with Crippen LogP contribution in [0, 0.1) is 5.82 Å². The normalized spacial score (nSPS) is 19.6. The van der Waals surface area contributed by atoms with E-state index in [2.05, 4.69) is 9.88 Å². The van der Waals surface area contributed by atoms with Crippen LogP contribution in [0.4, 0.5) is 13.2 Å². The Labute approximate surface area is 159 Å². The summed E-state index contributed by atoms with van der Waals surface area (Å²) in [5.41, 5.74) is 0.856. The Balaban J connectivity index is 1.48. The van der Waals surface area contributed by atoms with Gasteiger partial charge in [-0.25, -0.2) is 13.2 Å². The summed E-state index contributed by atoms with van der Waals surface area (Å²) in [6.07, 6.45) is 0.751. The number of piperidine rings is 1. The number of rotatable bonds is 4. The van der Waals surface area contributed by atoms with E-state index in [0.717, 1.165) is 35.9 Å². The lowest BCUT2D eigenvalue weighted by atomic mass is 9.85. The van der Waals surface area contributed by atoms with Crippen molar-refractivity contribution in [1.82, 2.24) is 9.88 Å². The molecule has 0 saturated carbocycles. The number of nitrogens with zero attached hydrogens (tertiary/aromatic N) is 1. The number of aromatic nitrogens is 1. The van der Waals surface area contributed by atoms with Crippen LogP contribution in [-0.2, 0) is 29.7 Å². The van der Waals surface area contributed by atoms with Crippen LogP contribution in [0.2, 0.25) is 0 Å². The quantitative estimate of drug-likeness (QED) is 0.858. The highest BCUT2D eigenvalue weighted by Crippen LogP contribution is 2.45. The summed E-state index contributed by atoms with van der Waals surface area (Å²) in [5, 5.41) is 0. The van der Waals surface area contributed by atoms with E-state index in [-0.39, 0.29) is 12.0 Å². The summed E-state index contributed by atoms with van der Waals surface area (Å²) in [6, 6.07) is 3.18. The van der Waals surface area contributed by atoms with Crippen LogP contribution in [0.1, 0.15) is 33.7 Å². The number of ether oxygens (including phenoxy) is 1. The molecule has 1 spiro atoms. The van der Waals surface area contributed by atoms with Gasteiger partial charge in [0.2, 0.25) is 6.43 Å². The van der Waals surface area contributed by atoms with Crippen LogP contribution in [0.25, 0.3) is 0 Å². The fourth-order valence-electron chi connectivity index (χ4n) is 4.03. The Bertz CT molecular complexity index is 872. The molecular formula is C19H21F3N2O2S. The molecule has 2 aromatic rings. The van der Waals surface area contributed by atoms with E-state index in [9.17, 15) is 18.0 Å². The van der Waals surface area contributed by atoms with Crippen LogP contribution >= 0.6 is 11.3 Å². The molecule has 0 amide bonds. The van der Waals surface area contributed by atoms with E-state index in [1.54, 1.807) is 0 Å². The molecule has 4 rings (SSSR count). The van der Waals surface area contributed by atoms with Crippen LogP contribution in [0.15, 0.2) is 23.1 Å². The molecule has 0 aliphatic carbocycles. The van der Waals surface area contributed by atoms with Gasteiger partial charge in [-0.3, -0.25) is 9.69 Å². The first kappa shape index (κ1) is 18.7. The molecule has 2 aromatic heterocycles. The molecule has 0 atom stereocenters. The molecule has 8 heteroatoms. The lowest BCUT2D eigenvalue weighted by molar-refractivity contribution is -0.0961. The van der Waals surface area contributed by atoms with Crippen molar-refractivity contribution < 1.29 is 17.9 Å². The average Bonchev–Trinajstić information content (AvgIpc) is 3.03. The molecule has 27 heavy (non-hydrogen) atoms. The summed E-state index contributed by atoms with van der Waals surface area (Å²) in [7, 11) is 0. The Hall–Kier alpha value is -1.64. The molecule has 146 valence electrons. The molecule has 4 heterocycles. The Morgan fingerprint density at radius 2 is 2.07 bits per heavy atom. The lowest BCUT2D eigenvalue weighted by Crippen LogP contribution is -2.46. The molecule has 1 fully saturated rings. The number of thiophene rings is 1. The number of likely N-dealkylation sites (tertiary alicyclic amines) is 1. The minimum atomic E-state index is -2.34. The van der Waals surface area contributed by atoms with Crippen LogP contribution in [0.3, 0.4) is 0 Å². The maximum Gasteiger partial charge on any atom is 0.252 e. The fourth-order valence-corrected chi connectivity index (χ4v) is 5.45. The highest BCUT2D eigenvalue weighted by atomic mass is 32.1. The first-order valence-electron chi connectivity index (χ1n) is 9.09. The molecule has 0 aromatic carbocycles. The van der Waals surface area contributed by atoms with Gasteiger partial charge in [-0.2, -0.15) is 0 Å². The Kier molecular flexibility index (Phi) is 5.13. The largest absolute Gasteiger partial charge is 0.369 e. The first-order valence-corrected chi connectivity index (χ1v) is 9.90. The van der Waals surface area contributed by atoms with Crippen molar-refractivity contribution >= 4 is 11.3 Å². The molecule has 0 unspecified atom stereocenters. The molecule has 1 saturated heterocycles. The maximum absolute atomic E-state index is 13.4. The number of hydrogen-bond acceptors (Lipinski definition) is 4. The van der Waals surface area contributed by atoms with E-state index >= 15 is 0 Å². The van der Waals surface area contributed by atoms with Crippen molar-refractivity contribution in [3.05, 3.63) is 55.4 Å². The average molecular weight is 398 g/mol. The predicted molar refractivity (Wildman–Crippen MR) is 96.9 cm³/mol. The van der Waals surface area contributed by atoms with Crippen LogP contribution in [-0.4, -0.2) is 36.0 Å². The zero-order valence-electron chi connectivity index (χ0n) is 14.8. The third-order valence-corrected chi connectivity index (χ3v) is 6.77. The van der Waals surface area contributed by atoms with Crippen molar-refractivity contribution in [3.63, 3.8) is 0 Å². The monoisotopic (exact) mass is 398 g/mol. The van der Waals surface area contributed by atoms with Gasteiger partial charge in [0.05, 0.1) is 6.61 Å². The van der Waals surface area contributed by atoms with Gasteiger partial charge in [0.15, 0.2) is 0 Å². The van der Waals surface area contributed by atoms with Crippen molar-refractivity contribution in [2.75, 3.05) is 19.7 Å². The van der Waals surface area contributed by atoms with E-state index in [0.29, 0.717) is 36.7 Å². The SMILES string of the molecule is O=c1[nH]cc(F)cc1CN1CCC2(CC1)OCCc1cc(CC(F)F)sc12. The summed E-state index contributed by atoms with van der Waals surface area (Å²) < 4.78 is 45.0. The number of aromatic amines is 1. The van der Waals surface area contributed by atoms with Crippen molar-refractivity contribution in [2.45, 2.75) is 44.3 Å². The standard InChI is InChI=1S/C19H21F3N2O2S/c20-14-7-13(18(25)23-10-14)11-24-4-2-19(3-5-24)17-12(1-6-26-19)8-15(27-17)9-16(21)22/h7-8,10,16H,1-6,9,11H2,(H,23,25). The second kappa shape index (κ2) is 7.41. The number of H-pyrrole nitrogens is 1. The van der Waals surface area contributed by atoms with E-state index < -0.39 is 17.8 Å². The van der Waals surface area contributed by atoms with Gasteiger partial charge in [0.25, 0.3) is 5.56 Å². The van der Waals surface area contributed by atoms with Crippen LogP contribution in [0.5, 0.6) is 0 Å². The third-order valence-electron chi connectivity index (χ3n) is 5.38. The van der Waals surface area contributed by atoms with Gasteiger partial charge in [-0.15, -0.1) is 11.3 Å². The van der Waals surface area contributed by atoms with Gasteiger partial charge in [-0.05, 0) is 37.0 Å². The summed E-state index contributed by atoms with van der Waals surface area (Å²) in [4.78, 5) is 18.2. The molecule has 2 aliphatic heterocycles. The number of hydrogen-bond donors (Lipinski definition) is 1. The van der Waals surface area contributed by atoms with Crippen LogP contribution < -0.4 is 5.56 Å². The molecule has 0 bridgehead atoms. The van der Waals surface area contributed by atoms with Gasteiger partial charge < -0.3 is 9.72 Å². The van der Waals surface area contributed by atoms with Crippen molar-refractivity contribution in [2.24, 2.45) is 0 Å². The summed E-state index contributed by atoms with van der Waals surface area (Å²) >= 11 is 1.45. The maximum atomic E-state index is 13.4. The van der Waals surface area contributed by atoms with Gasteiger partial charge in [0, 0.05) is 47.6 Å². The molecule has 1 N–H and O–H groups in total. The molecule has 0 radical (unpaired) electrons. The van der Waals surface area contributed by atoms with Gasteiger partial charge in [-0.1, -0.05) is 0 Å². The van der Waals surface area contributed by atoms with Crippen molar-refractivity contribution in [1.29, 1.82) is 0 Å². The number of nitrogens with one attached hydrogen (secondary N) is 1. The van der Waals surface area contributed by atoms with Gasteiger partial charge >= 0.3 is 0 Å². The predicted octanol–water partition coefficient (Wildman–Crippen LogP) is 3.45. The number of halogens is 3. The van der Waals surface area contributed by atoms with Crippen molar-refractivity contribution in [3.8, 4) is 0 Å². The number of fused-ring (bicyclic) bond motifs is 2. The highest BCUT2D eigenvalue weighted by Gasteiger charge is 2.42. The topological polar surface area (TPSA) is 45.3 Å². The zero-order valence-corrected chi connectivity index (χ0v) is 15.6. The molecular weight excluding hydrogens is 377 g/mol. The summed E-state index contributed by atoms with van der Waals surface area (Å²) in [6.45, 7) is 2.40. The highest BCUT2D eigenvalue weighted by molar-refractivity contribution is 7.12. The number of alkyl halides is 2. The summed E-state index contributed by atoms with van der Waals surface area (Å²) in [5.74, 6) is -0.455.